The first kappa shape index (κ1) is 11.2. The van der Waals surface area contributed by atoms with Crippen molar-refractivity contribution in [2.75, 3.05) is 0 Å². The van der Waals surface area contributed by atoms with Crippen LogP contribution in [0.4, 0.5) is 0 Å². The number of hydrogen-bond acceptors (Lipinski definition) is 0. The molecule has 68 valence electrons. The van der Waals surface area contributed by atoms with Crippen LogP contribution in [0.5, 0.6) is 0 Å². The van der Waals surface area contributed by atoms with Gasteiger partial charge in [0.25, 0.3) is 0 Å². The zero-order valence-electron chi connectivity index (χ0n) is 8.78. The first-order valence-corrected chi connectivity index (χ1v) is 4.68. The lowest BCUT2D eigenvalue weighted by Crippen LogP contribution is -1.88. The van der Waals surface area contributed by atoms with E-state index in [0.717, 1.165) is 12.8 Å². The topological polar surface area (TPSA) is 0 Å². The van der Waals surface area contributed by atoms with E-state index in [1.807, 2.05) is 0 Å². The van der Waals surface area contributed by atoms with Crippen molar-refractivity contribution in [3.63, 3.8) is 0 Å². The summed E-state index contributed by atoms with van der Waals surface area (Å²) in [6.45, 7) is 12.6. The summed E-state index contributed by atoms with van der Waals surface area (Å²) in [4.78, 5) is 0. The molecule has 0 saturated heterocycles. The molecule has 0 aliphatic carbocycles. The van der Waals surface area contributed by atoms with Crippen LogP contribution in [0.3, 0.4) is 0 Å². The molecule has 0 atom stereocenters. The molecule has 0 spiro atoms. The minimum absolute atomic E-state index is 1.04. The molecule has 0 heterocycles. The van der Waals surface area contributed by atoms with Crippen LogP contribution in [0, 0.1) is 0 Å². The standard InChI is InChI=1S/C12H20/c1-6-9-11(5)12(8-3)10(4)7-2/h8-9H,4,6-7H2,1-3,5H3. The molecule has 0 aromatic rings. The van der Waals surface area contributed by atoms with E-state index < -0.39 is 0 Å². The molecule has 0 amide bonds. The Labute approximate surface area is 76.7 Å². The monoisotopic (exact) mass is 164 g/mol. The molecular formula is C12H20. The summed E-state index contributed by atoms with van der Waals surface area (Å²) in [5.41, 5.74) is 3.91. The fourth-order valence-corrected chi connectivity index (χ4v) is 1.32. The molecule has 0 nitrogen and oxygen atoms in total. The van der Waals surface area contributed by atoms with Gasteiger partial charge in [0.15, 0.2) is 0 Å². The van der Waals surface area contributed by atoms with E-state index in [2.05, 4.69) is 46.4 Å². The van der Waals surface area contributed by atoms with Gasteiger partial charge in [0.1, 0.15) is 0 Å². The number of hydrogen-bond donors (Lipinski definition) is 0. The summed E-state index contributed by atoms with van der Waals surface area (Å²) >= 11 is 0. The normalized spacial score (nSPS) is 13.3. The number of allylic oxidation sites excluding steroid dienone is 5. The minimum Gasteiger partial charge on any atom is -0.0952 e. The van der Waals surface area contributed by atoms with Gasteiger partial charge in [0, 0.05) is 0 Å². The van der Waals surface area contributed by atoms with Crippen molar-refractivity contribution in [2.24, 2.45) is 0 Å². The van der Waals surface area contributed by atoms with Crippen LogP contribution in [0.2, 0.25) is 0 Å². The molecule has 0 rings (SSSR count). The van der Waals surface area contributed by atoms with Crippen molar-refractivity contribution in [1.82, 2.24) is 0 Å². The Morgan fingerprint density at radius 2 is 1.92 bits per heavy atom. The van der Waals surface area contributed by atoms with Crippen LogP contribution in [0.1, 0.15) is 40.5 Å². The Bertz CT molecular complexity index is 204. The van der Waals surface area contributed by atoms with E-state index >= 15 is 0 Å². The van der Waals surface area contributed by atoms with Gasteiger partial charge in [0.2, 0.25) is 0 Å². The number of rotatable bonds is 4. The van der Waals surface area contributed by atoms with Gasteiger partial charge >= 0.3 is 0 Å². The highest BCUT2D eigenvalue weighted by atomic mass is 14.1. The molecule has 0 saturated carbocycles. The third-order valence-electron chi connectivity index (χ3n) is 2.03. The maximum absolute atomic E-state index is 4.04. The van der Waals surface area contributed by atoms with Crippen molar-refractivity contribution < 1.29 is 0 Å². The molecule has 0 heteroatoms. The van der Waals surface area contributed by atoms with Gasteiger partial charge in [-0.1, -0.05) is 32.6 Å². The predicted octanol–water partition coefficient (Wildman–Crippen LogP) is 4.26. The molecule has 0 aromatic carbocycles. The Morgan fingerprint density at radius 1 is 1.33 bits per heavy atom. The van der Waals surface area contributed by atoms with Gasteiger partial charge in [0.05, 0.1) is 0 Å². The first-order valence-electron chi connectivity index (χ1n) is 4.68. The average molecular weight is 164 g/mol. The van der Waals surface area contributed by atoms with Crippen LogP contribution in [0.25, 0.3) is 0 Å². The highest BCUT2D eigenvalue weighted by Gasteiger charge is 2.00. The van der Waals surface area contributed by atoms with Gasteiger partial charge < -0.3 is 0 Å². The van der Waals surface area contributed by atoms with Crippen LogP contribution < -0.4 is 0 Å². The van der Waals surface area contributed by atoms with Crippen molar-refractivity contribution in [2.45, 2.75) is 40.5 Å². The molecule has 0 unspecified atom stereocenters. The highest BCUT2D eigenvalue weighted by molar-refractivity contribution is 5.43. The van der Waals surface area contributed by atoms with E-state index in [1.165, 1.54) is 16.7 Å². The van der Waals surface area contributed by atoms with E-state index in [0.29, 0.717) is 0 Å². The molecule has 0 aliphatic rings. The zero-order valence-corrected chi connectivity index (χ0v) is 8.78. The maximum atomic E-state index is 4.04. The van der Waals surface area contributed by atoms with E-state index in [-0.39, 0.29) is 0 Å². The van der Waals surface area contributed by atoms with Crippen LogP contribution >= 0.6 is 0 Å². The third kappa shape index (κ3) is 3.08. The lowest BCUT2D eigenvalue weighted by atomic mass is 9.97. The second-order valence-electron chi connectivity index (χ2n) is 2.95. The van der Waals surface area contributed by atoms with Crippen LogP contribution in [-0.2, 0) is 0 Å². The molecule has 0 aliphatic heterocycles. The first-order chi connectivity index (χ1) is 5.67. The maximum Gasteiger partial charge on any atom is -0.0247 e. The van der Waals surface area contributed by atoms with E-state index in [4.69, 9.17) is 0 Å². The van der Waals surface area contributed by atoms with Gasteiger partial charge in [-0.3, -0.25) is 0 Å². The lowest BCUT2D eigenvalue weighted by Gasteiger charge is -2.08. The summed E-state index contributed by atoms with van der Waals surface area (Å²) in [7, 11) is 0. The van der Waals surface area contributed by atoms with Gasteiger partial charge in [-0.25, -0.2) is 0 Å². The second-order valence-corrected chi connectivity index (χ2v) is 2.95. The predicted molar refractivity (Wildman–Crippen MR) is 57.2 cm³/mol. The van der Waals surface area contributed by atoms with Crippen molar-refractivity contribution in [3.05, 3.63) is 35.5 Å². The molecule has 0 N–H and O–H groups in total. The molecule has 0 bridgehead atoms. The SMILES string of the molecule is C=C(CC)C(=CC)C(C)=CCC. The summed E-state index contributed by atoms with van der Waals surface area (Å²) in [5.74, 6) is 0. The molecule has 0 radical (unpaired) electrons. The fraction of sp³-hybridized carbons (Fsp3) is 0.500. The van der Waals surface area contributed by atoms with Gasteiger partial charge in [-0.2, -0.15) is 0 Å². The Kier molecular flexibility index (Phi) is 5.44. The van der Waals surface area contributed by atoms with Gasteiger partial charge in [-0.05, 0) is 43.4 Å². The van der Waals surface area contributed by atoms with Crippen molar-refractivity contribution in [3.8, 4) is 0 Å². The van der Waals surface area contributed by atoms with Crippen molar-refractivity contribution >= 4 is 0 Å². The molecule has 12 heavy (non-hydrogen) atoms. The Hall–Kier alpha value is -0.780. The highest BCUT2D eigenvalue weighted by Crippen LogP contribution is 2.20. The quantitative estimate of drug-likeness (QED) is 0.545. The van der Waals surface area contributed by atoms with E-state index in [9.17, 15) is 0 Å². The Balaban J connectivity index is 4.59. The molecular weight excluding hydrogens is 144 g/mol. The summed E-state index contributed by atoms with van der Waals surface area (Å²) < 4.78 is 0. The smallest absolute Gasteiger partial charge is 0.0247 e. The van der Waals surface area contributed by atoms with Gasteiger partial charge in [-0.15, -0.1) is 0 Å². The Morgan fingerprint density at radius 3 is 2.25 bits per heavy atom. The van der Waals surface area contributed by atoms with E-state index in [1.54, 1.807) is 0 Å². The summed E-state index contributed by atoms with van der Waals surface area (Å²) in [6.07, 6.45) is 6.53. The minimum atomic E-state index is 1.04. The third-order valence-corrected chi connectivity index (χ3v) is 2.03. The second kappa shape index (κ2) is 5.82. The molecule has 0 aromatic heterocycles. The lowest BCUT2D eigenvalue weighted by molar-refractivity contribution is 1.10. The molecule has 0 fully saturated rings. The zero-order chi connectivity index (χ0) is 9.56. The summed E-state index contributed by atoms with van der Waals surface area (Å²) in [6, 6.07) is 0. The average Bonchev–Trinajstić information content (AvgIpc) is 2.06. The fourth-order valence-electron chi connectivity index (χ4n) is 1.32. The van der Waals surface area contributed by atoms with Crippen molar-refractivity contribution in [1.29, 1.82) is 0 Å². The van der Waals surface area contributed by atoms with Crippen LogP contribution in [-0.4, -0.2) is 0 Å². The summed E-state index contributed by atoms with van der Waals surface area (Å²) in [5, 5.41) is 0. The van der Waals surface area contributed by atoms with Crippen LogP contribution in [0.15, 0.2) is 35.5 Å². The largest absolute Gasteiger partial charge is 0.0952 e.